The summed E-state index contributed by atoms with van der Waals surface area (Å²) < 4.78 is 0. The summed E-state index contributed by atoms with van der Waals surface area (Å²) >= 11 is 0. The van der Waals surface area contributed by atoms with E-state index in [0.717, 1.165) is 32.1 Å². The van der Waals surface area contributed by atoms with Gasteiger partial charge in [0.2, 0.25) is 5.91 Å². The molecule has 1 fully saturated rings. The van der Waals surface area contributed by atoms with Crippen molar-refractivity contribution in [2.75, 3.05) is 32.7 Å². The summed E-state index contributed by atoms with van der Waals surface area (Å²) in [5.41, 5.74) is 5.26. The van der Waals surface area contributed by atoms with Gasteiger partial charge in [0.15, 0.2) is 0 Å². The van der Waals surface area contributed by atoms with E-state index in [1.165, 1.54) is 32.2 Å². The van der Waals surface area contributed by atoms with E-state index in [9.17, 15) is 4.79 Å². The molecule has 1 aliphatic heterocycles. The second kappa shape index (κ2) is 8.74. The van der Waals surface area contributed by atoms with Gasteiger partial charge in [0.25, 0.3) is 0 Å². The Labute approximate surface area is 131 Å². The zero-order valence-corrected chi connectivity index (χ0v) is 14.5. The largest absolute Gasteiger partial charge is 0.370 e. The lowest BCUT2D eigenvalue weighted by atomic mass is 9.95. The lowest BCUT2D eigenvalue weighted by Crippen LogP contribution is -2.56. The molecule has 0 aromatic heterocycles. The summed E-state index contributed by atoms with van der Waals surface area (Å²) in [6, 6.07) is 0. The van der Waals surface area contributed by atoms with Crippen molar-refractivity contribution in [1.82, 2.24) is 9.80 Å². The van der Waals surface area contributed by atoms with E-state index in [1.807, 2.05) is 0 Å². The predicted octanol–water partition coefficient (Wildman–Crippen LogP) is 2.47. The first-order valence-corrected chi connectivity index (χ1v) is 8.64. The zero-order chi connectivity index (χ0) is 15.9. The summed E-state index contributed by atoms with van der Waals surface area (Å²) in [4.78, 5) is 16.2. The van der Waals surface area contributed by atoms with Crippen LogP contribution < -0.4 is 5.73 Å². The summed E-state index contributed by atoms with van der Waals surface area (Å²) in [6.07, 6.45) is 5.72. The molecule has 21 heavy (non-hydrogen) atoms. The highest BCUT2D eigenvalue weighted by Crippen LogP contribution is 2.22. The van der Waals surface area contributed by atoms with Crippen LogP contribution in [0.5, 0.6) is 0 Å². The molecule has 0 radical (unpaired) electrons. The number of rotatable bonds is 9. The van der Waals surface area contributed by atoms with E-state index in [4.69, 9.17) is 5.73 Å². The monoisotopic (exact) mass is 297 g/mol. The quantitative estimate of drug-likeness (QED) is 0.711. The standard InChI is InChI=1S/C17H35N3O/c1-5-7-15(8-6-2)14-19-9-11-20(12-10-19)17(3,4)13-16(18)21/h15H,5-14H2,1-4H3,(H2,18,21). The molecule has 0 atom stereocenters. The van der Waals surface area contributed by atoms with E-state index in [-0.39, 0.29) is 11.4 Å². The average Bonchev–Trinajstić information content (AvgIpc) is 2.38. The van der Waals surface area contributed by atoms with E-state index in [1.54, 1.807) is 0 Å². The Hall–Kier alpha value is -0.610. The molecule has 0 unspecified atom stereocenters. The van der Waals surface area contributed by atoms with Crippen LogP contribution in [0.4, 0.5) is 0 Å². The first-order valence-electron chi connectivity index (χ1n) is 8.64. The second-order valence-electron chi connectivity index (χ2n) is 7.19. The molecule has 1 amide bonds. The molecular weight excluding hydrogens is 262 g/mol. The number of hydrogen-bond donors (Lipinski definition) is 1. The predicted molar refractivity (Wildman–Crippen MR) is 89.2 cm³/mol. The fourth-order valence-electron chi connectivity index (χ4n) is 3.58. The Morgan fingerprint density at radius 2 is 1.62 bits per heavy atom. The van der Waals surface area contributed by atoms with Gasteiger partial charge in [-0.15, -0.1) is 0 Å². The normalized spacial score (nSPS) is 18.3. The van der Waals surface area contributed by atoms with Crippen molar-refractivity contribution in [2.24, 2.45) is 11.7 Å². The fourth-order valence-corrected chi connectivity index (χ4v) is 3.58. The first-order chi connectivity index (χ1) is 9.89. The number of piperazine rings is 1. The van der Waals surface area contributed by atoms with Gasteiger partial charge >= 0.3 is 0 Å². The number of hydrogen-bond acceptors (Lipinski definition) is 3. The van der Waals surface area contributed by atoms with Crippen molar-refractivity contribution >= 4 is 5.91 Å². The molecular formula is C17H35N3O. The lowest BCUT2D eigenvalue weighted by molar-refractivity contribution is -0.120. The van der Waals surface area contributed by atoms with Gasteiger partial charge in [0, 0.05) is 44.7 Å². The topological polar surface area (TPSA) is 49.6 Å². The minimum Gasteiger partial charge on any atom is -0.370 e. The molecule has 0 aromatic rings. The maximum absolute atomic E-state index is 11.2. The minimum absolute atomic E-state index is 0.107. The van der Waals surface area contributed by atoms with Crippen LogP contribution in [0.3, 0.4) is 0 Å². The smallest absolute Gasteiger partial charge is 0.219 e. The van der Waals surface area contributed by atoms with Crippen molar-refractivity contribution in [1.29, 1.82) is 0 Å². The number of amides is 1. The van der Waals surface area contributed by atoms with Crippen molar-refractivity contribution in [2.45, 2.75) is 65.3 Å². The summed E-state index contributed by atoms with van der Waals surface area (Å²) in [7, 11) is 0. The number of carbonyl (C=O) groups is 1. The van der Waals surface area contributed by atoms with Crippen LogP contribution in [-0.2, 0) is 4.79 Å². The molecule has 2 N–H and O–H groups in total. The lowest BCUT2D eigenvalue weighted by Gasteiger charge is -2.44. The fraction of sp³-hybridized carbons (Fsp3) is 0.941. The molecule has 1 heterocycles. The molecule has 0 bridgehead atoms. The van der Waals surface area contributed by atoms with Crippen LogP contribution in [0, 0.1) is 5.92 Å². The van der Waals surface area contributed by atoms with E-state index < -0.39 is 0 Å². The molecule has 4 heteroatoms. The highest BCUT2D eigenvalue weighted by Gasteiger charge is 2.31. The van der Waals surface area contributed by atoms with Crippen LogP contribution >= 0.6 is 0 Å². The minimum atomic E-state index is -0.201. The van der Waals surface area contributed by atoms with Crippen molar-refractivity contribution in [3.8, 4) is 0 Å². The third kappa shape index (κ3) is 6.35. The van der Waals surface area contributed by atoms with Gasteiger partial charge in [0.1, 0.15) is 0 Å². The maximum Gasteiger partial charge on any atom is 0.219 e. The molecule has 124 valence electrons. The number of primary amides is 1. The third-order valence-electron chi connectivity index (χ3n) is 4.75. The van der Waals surface area contributed by atoms with Crippen molar-refractivity contribution in [3.63, 3.8) is 0 Å². The van der Waals surface area contributed by atoms with Gasteiger partial charge in [-0.3, -0.25) is 9.69 Å². The maximum atomic E-state index is 11.2. The van der Waals surface area contributed by atoms with Gasteiger partial charge in [-0.05, 0) is 32.6 Å². The van der Waals surface area contributed by atoms with E-state index in [0.29, 0.717) is 6.42 Å². The van der Waals surface area contributed by atoms with Crippen molar-refractivity contribution < 1.29 is 4.79 Å². The summed E-state index contributed by atoms with van der Waals surface area (Å²) in [6.45, 7) is 14.4. The van der Waals surface area contributed by atoms with Gasteiger partial charge in [-0.2, -0.15) is 0 Å². The SMILES string of the molecule is CCCC(CCC)CN1CCN(C(C)(C)CC(N)=O)CC1. The van der Waals surface area contributed by atoms with Gasteiger partial charge in [0.05, 0.1) is 0 Å². The van der Waals surface area contributed by atoms with E-state index in [2.05, 4.69) is 37.5 Å². The Bertz CT molecular complexity index is 303. The van der Waals surface area contributed by atoms with Gasteiger partial charge in [-0.25, -0.2) is 0 Å². The second-order valence-corrected chi connectivity index (χ2v) is 7.19. The highest BCUT2D eigenvalue weighted by molar-refractivity contribution is 5.75. The number of nitrogens with zero attached hydrogens (tertiary/aromatic N) is 2. The summed E-state index contributed by atoms with van der Waals surface area (Å²) in [5.74, 6) is 0.651. The van der Waals surface area contributed by atoms with E-state index >= 15 is 0 Å². The molecule has 0 saturated carbocycles. The van der Waals surface area contributed by atoms with Crippen molar-refractivity contribution in [3.05, 3.63) is 0 Å². The van der Waals surface area contributed by atoms with Crippen LogP contribution in [0.1, 0.15) is 59.8 Å². The highest BCUT2D eigenvalue weighted by atomic mass is 16.1. The molecule has 1 rings (SSSR count). The molecule has 1 aliphatic rings. The molecule has 0 aromatic carbocycles. The molecule has 0 spiro atoms. The van der Waals surface area contributed by atoms with Crippen LogP contribution in [0.25, 0.3) is 0 Å². The number of carbonyl (C=O) groups excluding carboxylic acids is 1. The number of nitrogens with two attached hydrogens (primary N) is 1. The van der Waals surface area contributed by atoms with Crippen LogP contribution in [-0.4, -0.2) is 54.0 Å². The van der Waals surface area contributed by atoms with Gasteiger partial charge in [-0.1, -0.05) is 26.7 Å². The first kappa shape index (κ1) is 18.4. The average molecular weight is 297 g/mol. The zero-order valence-electron chi connectivity index (χ0n) is 14.5. The Morgan fingerprint density at radius 1 is 1.10 bits per heavy atom. The third-order valence-corrected chi connectivity index (χ3v) is 4.75. The van der Waals surface area contributed by atoms with Crippen LogP contribution in [0.2, 0.25) is 0 Å². The van der Waals surface area contributed by atoms with Crippen LogP contribution in [0.15, 0.2) is 0 Å². The molecule has 4 nitrogen and oxygen atoms in total. The summed E-state index contributed by atoms with van der Waals surface area (Å²) in [5, 5.41) is 0. The Balaban J connectivity index is 2.42. The van der Waals surface area contributed by atoms with Gasteiger partial charge < -0.3 is 10.6 Å². The molecule has 1 saturated heterocycles. The Kier molecular flexibility index (Phi) is 7.67. The molecule has 0 aliphatic carbocycles. The Morgan fingerprint density at radius 3 is 2.05 bits per heavy atom.